The number of hydrogen-bond acceptors (Lipinski definition) is 4. The molecule has 0 aliphatic rings. The molecular weight excluding hydrogens is 284 g/mol. The average molecular weight is 308 g/mol. The number of carboxylic acid groups (broad SMARTS) is 1. The second-order valence-corrected chi connectivity index (χ2v) is 7.53. The molecule has 0 unspecified atom stereocenters. The van der Waals surface area contributed by atoms with Crippen LogP contribution in [0.2, 0.25) is 0 Å². The molecule has 116 valence electrons. The minimum absolute atomic E-state index is 0.0837. The molecule has 4 nitrogen and oxygen atoms in total. The molecule has 1 aromatic rings. The van der Waals surface area contributed by atoms with Gasteiger partial charge in [-0.3, -0.25) is 4.79 Å². The van der Waals surface area contributed by atoms with Gasteiger partial charge in [0.15, 0.2) is 0 Å². The molecule has 0 saturated carbocycles. The van der Waals surface area contributed by atoms with E-state index in [0.717, 1.165) is 17.1 Å². The number of anilines is 1. The Morgan fingerprint density at radius 2 is 2.10 bits per heavy atom. The third kappa shape index (κ3) is 4.75. The second kappa shape index (κ2) is 6.95. The van der Waals surface area contributed by atoms with Crippen LogP contribution in [-0.2, 0) is 10.2 Å². The fourth-order valence-corrected chi connectivity index (χ4v) is 3.48. The van der Waals surface area contributed by atoms with Crippen LogP contribution in [0.1, 0.15) is 52.2 Å². The van der Waals surface area contributed by atoms with Gasteiger partial charge in [-0.25, -0.2) is 0 Å². The standard InChI is InChI=1S/C16H24N2O2S/c1-11(2)9-18(7-6-14(19)20)15-12(8-17)13(10-21-15)16(3,4)5/h10-11H,6-7,9H2,1-5H3,(H,19,20). The predicted molar refractivity (Wildman–Crippen MR) is 87.0 cm³/mol. The van der Waals surface area contributed by atoms with Crippen LogP contribution in [0.25, 0.3) is 0 Å². The van der Waals surface area contributed by atoms with E-state index in [9.17, 15) is 10.1 Å². The van der Waals surface area contributed by atoms with Crippen LogP contribution in [-0.4, -0.2) is 24.2 Å². The lowest BCUT2D eigenvalue weighted by atomic mass is 9.86. The van der Waals surface area contributed by atoms with Crippen LogP contribution in [0.15, 0.2) is 5.38 Å². The molecule has 0 aliphatic heterocycles. The van der Waals surface area contributed by atoms with Gasteiger partial charge in [0, 0.05) is 13.1 Å². The Balaban J connectivity index is 3.16. The van der Waals surface area contributed by atoms with E-state index in [1.807, 2.05) is 10.3 Å². The monoisotopic (exact) mass is 308 g/mol. The molecule has 21 heavy (non-hydrogen) atoms. The van der Waals surface area contributed by atoms with Crippen LogP contribution in [0, 0.1) is 17.2 Å². The first-order valence-corrected chi connectivity index (χ1v) is 8.03. The van der Waals surface area contributed by atoms with Crippen molar-refractivity contribution in [1.82, 2.24) is 0 Å². The van der Waals surface area contributed by atoms with Crippen molar-refractivity contribution in [2.45, 2.75) is 46.5 Å². The highest BCUT2D eigenvalue weighted by Crippen LogP contribution is 2.38. The number of carboxylic acids is 1. The largest absolute Gasteiger partial charge is 0.481 e. The summed E-state index contributed by atoms with van der Waals surface area (Å²) in [4.78, 5) is 12.9. The Kier molecular flexibility index (Phi) is 5.79. The number of nitriles is 1. The van der Waals surface area contributed by atoms with Gasteiger partial charge in [-0.2, -0.15) is 5.26 Å². The van der Waals surface area contributed by atoms with Crippen molar-refractivity contribution in [2.75, 3.05) is 18.0 Å². The van der Waals surface area contributed by atoms with Gasteiger partial charge < -0.3 is 10.0 Å². The van der Waals surface area contributed by atoms with E-state index in [0.29, 0.717) is 18.0 Å². The van der Waals surface area contributed by atoms with Crippen molar-refractivity contribution in [3.63, 3.8) is 0 Å². The number of nitrogens with zero attached hydrogens (tertiary/aromatic N) is 2. The van der Waals surface area contributed by atoms with Gasteiger partial charge >= 0.3 is 5.97 Å². The smallest absolute Gasteiger partial charge is 0.305 e. The van der Waals surface area contributed by atoms with Gasteiger partial charge in [-0.05, 0) is 22.3 Å². The Labute approximate surface area is 131 Å². The van der Waals surface area contributed by atoms with Crippen molar-refractivity contribution >= 4 is 22.3 Å². The number of hydrogen-bond donors (Lipinski definition) is 1. The number of thiophene rings is 1. The summed E-state index contributed by atoms with van der Waals surface area (Å²) in [6.07, 6.45) is 0.0837. The molecule has 0 aliphatic carbocycles. The van der Waals surface area contributed by atoms with Crippen LogP contribution in [0.5, 0.6) is 0 Å². The van der Waals surface area contributed by atoms with Crippen LogP contribution in [0.3, 0.4) is 0 Å². The molecular formula is C16H24N2O2S. The maximum Gasteiger partial charge on any atom is 0.305 e. The zero-order valence-electron chi connectivity index (χ0n) is 13.4. The molecule has 0 aromatic carbocycles. The first kappa shape index (κ1) is 17.5. The Bertz CT molecular complexity index is 535. The summed E-state index contributed by atoms with van der Waals surface area (Å²) in [5.74, 6) is -0.402. The molecule has 0 bridgehead atoms. The Hall–Kier alpha value is -1.54. The van der Waals surface area contributed by atoms with E-state index in [1.165, 1.54) is 11.3 Å². The van der Waals surface area contributed by atoms with E-state index in [-0.39, 0.29) is 11.8 Å². The SMILES string of the molecule is CC(C)CN(CCC(=O)O)c1scc(C(C)(C)C)c1C#N. The number of rotatable bonds is 6. The van der Waals surface area contributed by atoms with Crippen molar-refractivity contribution in [3.05, 3.63) is 16.5 Å². The topological polar surface area (TPSA) is 64.3 Å². The third-order valence-corrected chi connectivity index (χ3v) is 4.20. The maximum absolute atomic E-state index is 10.9. The van der Waals surface area contributed by atoms with Crippen LogP contribution < -0.4 is 4.90 Å². The number of aliphatic carboxylic acids is 1. The lowest BCUT2D eigenvalue weighted by Crippen LogP contribution is -2.30. The maximum atomic E-state index is 10.9. The van der Waals surface area contributed by atoms with Crippen molar-refractivity contribution in [2.24, 2.45) is 5.92 Å². The van der Waals surface area contributed by atoms with Gasteiger partial charge in [0.05, 0.1) is 12.0 Å². The first-order chi connectivity index (χ1) is 9.66. The summed E-state index contributed by atoms with van der Waals surface area (Å²) in [5.41, 5.74) is 1.64. The molecule has 0 radical (unpaired) electrons. The lowest BCUT2D eigenvalue weighted by molar-refractivity contribution is -0.136. The van der Waals surface area contributed by atoms with Gasteiger partial charge in [-0.15, -0.1) is 11.3 Å². The molecule has 0 atom stereocenters. The highest BCUT2D eigenvalue weighted by Gasteiger charge is 2.25. The lowest BCUT2D eigenvalue weighted by Gasteiger charge is -2.26. The van der Waals surface area contributed by atoms with Gasteiger partial charge in [0.1, 0.15) is 11.1 Å². The van der Waals surface area contributed by atoms with E-state index < -0.39 is 5.97 Å². The van der Waals surface area contributed by atoms with Crippen molar-refractivity contribution in [3.8, 4) is 6.07 Å². The predicted octanol–water partition coefficient (Wildman–Crippen LogP) is 3.85. The second-order valence-electron chi connectivity index (χ2n) is 6.67. The van der Waals surface area contributed by atoms with E-state index in [1.54, 1.807) is 0 Å². The summed E-state index contributed by atoms with van der Waals surface area (Å²) in [5, 5.41) is 21.4. The van der Waals surface area contributed by atoms with Crippen molar-refractivity contribution in [1.29, 1.82) is 5.26 Å². The van der Waals surface area contributed by atoms with Crippen LogP contribution >= 0.6 is 11.3 Å². The summed E-state index contributed by atoms with van der Waals surface area (Å²) in [6, 6.07) is 2.31. The molecule has 1 aromatic heterocycles. The van der Waals surface area contributed by atoms with Gasteiger partial charge in [-0.1, -0.05) is 34.6 Å². The highest BCUT2D eigenvalue weighted by atomic mass is 32.1. The van der Waals surface area contributed by atoms with Gasteiger partial charge in [0.25, 0.3) is 0 Å². The summed E-state index contributed by atoms with van der Waals surface area (Å²) < 4.78 is 0. The molecule has 0 spiro atoms. The molecule has 0 saturated heterocycles. The van der Waals surface area contributed by atoms with E-state index in [4.69, 9.17) is 5.11 Å². The molecule has 1 rings (SSSR count). The zero-order valence-corrected chi connectivity index (χ0v) is 14.3. The summed E-state index contributed by atoms with van der Waals surface area (Å²) >= 11 is 1.54. The van der Waals surface area contributed by atoms with Crippen molar-refractivity contribution < 1.29 is 9.90 Å². The van der Waals surface area contributed by atoms with E-state index in [2.05, 4.69) is 40.7 Å². The van der Waals surface area contributed by atoms with E-state index >= 15 is 0 Å². The molecule has 5 heteroatoms. The molecule has 0 amide bonds. The Morgan fingerprint density at radius 3 is 2.52 bits per heavy atom. The fourth-order valence-electron chi connectivity index (χ4n) is 2.19. The molecule has 0 fully saturated rings. The first-order valence-electron chi connectivity index (χ1n) is 7.15. The zero-order chi connectivity index (χ0) is 16.2. The quantitative estimate of drug-likeness (QED) is 0.867. The molecule has 1 heterocycles. The molecule has 1 N–H and O–H groups in total. The summed E-state index contributed by atoms with van der Waals surface area (Å²) in [7, 11) is 0. The highest BCUT2D eigenvalue weighted by molar-refractivity contribution is 7.14. The van der Waals surface area contributed by atoms with Gasteiger partial charge in [0.2, 0.25) is 0 Å². The summed E-state index contributed by atoms with van der Waals surface area (Å²) in [6.45, 7) is 11.6. The third-order valence-electron chi connectivity index (χ3n) is 3.16. The minimum atomic E-state index is -0.810. The Morgan fingerprint density at radius 1 is 1.48 bits per heavy atom. The average Bonchev–Trinajstić information content (AvgIpc) is 2.77. The van der Waals surface area contributed by atoms with Crippen LogP contribution in [0.4, 0.5) is 5.00 Å². The fraction of sp³-hybridized carbons (Fsp3) is 0.625. The minimum Gasteiger partial charge on any atom is -0.481 e. The normalized spacial score (nSPS) is 11.5. The number of carbonyl (C=O) groups is 1.